The largest absolute Gasteiger partial charge is 0.455 e. The van der Waals surface area contributed by atoms with Gasteiger partial charge in [0, 0.05) is 38.8 Å². The minimum absolute atomic E-state index is 0.559. The second kappa shape index (κ2) is 13.3. The molecule has 8 aromatic carbocycles. The second-order valence-electron chi connectivity index (χ2n) is 13.3. The Kier molecular flexibility index (Phi) is 7.73. The van der Waals surface area contributed by atoms with Crippen LogP contribution in [0.1, 0.15) is 0 Å². The van der Waals surface area contributed by atoms with Crippen molar-refractivity contribution in [2.75, 3.05) is 4.90 Å². The monoisotopic (exact) mass is 692 g/mol. The summed E-state index contributed by atoms with van der Waals surface area (Å²) in [6.45, 7) is 0. The van der Waals surface area contributed by atoms with Crippen molar-refractivity contribution in [3.05, 3.63) is 194 Å². The lowest BCUT2D eigenvalue weighted by Crippen LogP contribution is -2.10. The Labute approximate surface area is 312 Å². The Hall–Kier alpha value is -7.37. The molecule has 10 rings (SSSR count). The molecule has 0 bridgehead atoms. The summed E-state index contributed by atoms with van der Waals surface area (Å²) in [7, 11) is 0. The number of rotatable bonds is 7. The average Bonchev–Trinajstić information content (AvgIpc) is 3.65. The molecule has 0 fully saturated rings. The van der Waals surface area contributed by atoms with E-state index in [1.54, 1.807) is 0 Å². The summed E-state index contributed by atoms with van der Waals surface area (Å²) < 4.78 is 6.90. The summed E-state index contributed by atoms with van der Waals surface area (Å²) in [4.78, 5) is 17.5. The topological polar surface area (TPSA) is 55.1 Å². The van der Waals surface area contributed by atoms with Gasteiger partial charge in [-0.05, 0) is 59.0 Å². The standard InChI is InChI=1S/C49H32N4O/c1-5-15-33(16-6-1)34-25-28-40(29-26-34)53(39-22-11-4-12-23-39)43-31-38(32-44-45(43)42-30-27-35-17-13-14-24-41(35)46(42)54-44)49-51-47(36-18-7-2-8-19-36)50-48(52-49)37-20-9-3-10-21-37/h1-32H. The molecule has 0 radical (unpaired) electrons. The average molecular weight is 693 g/mol. The van der Waals surface area contributed by atoms with Crippen LogP contribution < -0.4 is 4.90 Å². The Balaban J connectivity index is 1.26. The molecular formula is C49H32N4O. The van der Waals surface area contributed by atoms with Gasteiger partial charge in [0.05, 0.1) is 11.1 Å². The van der Waals surface area contributed by atoms with Gasteiger partial charge in [0.2, 0.25) is 0 Å². The molecule has 0 aliphatic rings. The lowest BCUT2D eigenvalue weighted by Gasteiger charge is -2.27. The first-order valence-corrected chi connectivity index (χ1v) is 18.0. The van der Waals surface area contributed by atoms with E-state index in [9.17, 15) is 0 Å². The van der Waals surface area contributed by atoms with Crippen LogP contribution in [0.4, 0.5) is 17.1 Å². The fourth-order valence-corrected chi connectivity index (χ4v) is 7.29. The van der Waals surface area contributed by atoms with E-state index in [0.717, 1.165) is 72.0 Å². The van der Waals surface area contributed by atoms with E-state index in [1.165, 1.54) is 5.56 Å². The fourth-order valence-electron chi connectivity index (χ4n) is 7.29. The van der Waals surface area contributed by atoms with Gasteiger partial charge in [-0.3, -0.25) is 0 Å². The van der Waals surface area contributed by atoms with Crippen molar-refractivity contribution < 1.29 is 4.42 Å². The van der Waals surface area contributed by atoms with Crippen molar-refractivity contribution in [2.45, 2.75) is 0 Å². The van der Waals surface area contributed by atoms with Crippen molar-refractivity contribution in [1.29, 1.82) is 0 Å². The molecule has 0 amide bonds. The highest BCUT2D eigenvalue weighted by molar-refractivity contribution is 6.20. The maximum Gasteiger partial charge on any atom is 0.164 e. The minimum Gasteiger partial charge on any atom is -0.455 e. The van der Waals surface area contributed by atoms with E-state index in [1.807, 2.05) is 72.8 Å². The van der Waals surface area contributed by atoms with E-state index in [-0.39, 0.29) is 0 Å². The normalized spacial score (nSPS) is 11.3. The van der Waals surface area contributed by atoms with E-state index in [2.05, 4.69) is 126 Å². The first-order valence-electron chi connectivity index (χ1n) is 18.0. The molecule has 0 aliphatic carbocycles. The molecular weight excluding hydrogens is 661 g/mol. The number of hydrogen-bond donors (Lipinski definition) is 0. The van der Waals surface area contributed by atoms with Gasteiger partial charge in [0.25, 0.3) is 0 Å². The van der Waals surface area contributed by atoms with Gasteiger partial charge in [-0.25, -0.2) is 15.0 Å². The van der Waals surface area contributed by atoms with Gasteiger partial charge < -0.3 is 9.32 Å². The van der Waals surface area contributed by atoms with Gasteiger partial charge in [-0.2, -0.15) is 0 Å². The van der Waals surface area contributed by atoms with Crippen LogP contribution in [0, 0.1) is 0 Å². The van der Waals surface area contributed by atoms with Crippen LogP contribution in [-0.4, -0.2) is 15.0 Å². The lowest BCUT2D eigenvalue weighted by atomic mass is 10.0. The van der Waals surface area contributed by atoms with Gasteiger partial charge in [0.15, 0.2) is 17.5 Å². The maximum atomic E-state index is 6.90. The van der Waals surface area contributed by atoms with Crippen LogP contribution in [-0.2, 0) is 0 Å². The number of anilines is 3. The van der Waals surface area contributed by atoms with Crippen molar-refractivity contribution in [2.24, 2.45) is 0 Å². The van der Waals surface area contributed by atoms with E-state index >= 15 is 0 Å². The van der Waals surface area contributed by atoms with Crippen LogP contribution in [0.25, 0.3) is 78.0 Å². The number of nitrogens with zero attached hydrogens (tertiary/aromatic N) is 4. The first kappa shape index (κ1) is 31.4. The number of furan rings is 1. The molecule has 10 aromatic rings. The van der Waals surface area contributed by atoms with Crippen molar-refractivity contribution >= 4 is 49.8 Å². The van der Waals surface area contributed by atoms with Crippen LogP contribution in [0.5, 0.6) is 0 Å². The highest BCUT2D eigenvalue weighted by atomic mass is 16.3. The van der Waals surface area contributed by atoms with E-state index < -0.39 is 0 Å². The van der Waals surface area contributed by atoms with Crippen LogP contribution in [0.3, 0.4) is 0 Å². The molecule has 0 aliphatic heterocycles. The first-order chi connectivity index (χ1) is 26.8. The molecule has 0 atom stereocenters. The summed E-state index contributed by atoms with van der Waals surface area (Å²) in [5, 5.41) is 4.24. The maximum absolute atomic E-state index is 6.90. The van der Waals surface area contributed by atoms with Gasteiger partial charge in [-0.15, -0.1) is 0 Å². The molecule has 0 spiro atoms. The van der Waals surface area contributed by atoms with Crippen molar-refractivity contribution in [1.82, 2.24) is 15.0 Å². The molecule has 2 aromatic heterocycles. The number of aromatic nitrogens is 3. The third-order valence-corrected chi connectivity index (χ3v) is 9.89. The molecule has 0 unspecified atom stereocenters. The highest BCUT2D eigenvalue weighted by Crippen LogP contribution is 2.46. The second-order valence-corrected chi connectivity index (χ2v) is 13.3. The van der Waals surface area contributed by atoms with Gasteiger partial charge >= 0.3 is 0 Å². The molecule has 5 heteroatoms. The molecule has 54 heavy (non-hydrogen) atoms. The lowest BCUT2D eigenvalue weighted by molar-refractivity contribution is 0.673. The predicted molar refractivity (Wildman–Crippen MR) is 221 cm³/mol. The highest BCUT2D eigenvalue weighted by Gasteiger charge is 2.23. The Morgan fingerprint density at radius 2 is 0.870 bits per heavy atom. The van der Waals surface area contributed by atoms with E-state index in [4.69, 9.17) is 19.4 Å². The summed E-state index contributed by atoms with van der Waals surface area (Å²) in [5.41, 5.74) is 9.56. The van der Waals surface area contributed by atoms with Crippen molar-refractivity contribution in [3.63, 3.8) is 0 Å². The number of hydrogen-bond acceptors (Lipinski definition) is 5. The molecule has 254 valence electrons. The molecule has 5 nitrogen and oxygen atoms in total. The zero-order valence-electron chi connectivity index (χ0n) is 29.2. The van der Waals surface area contributed by atoms with E-state index in [0.29, 0.717) is 17.5 Å². The SMILES string of the molecule is c1ccc(-c2ccc(N(c3ccccc3)c3cc(-c4nc(-c5ccccc5)nc(-c5ccccc5)n4)cc4oc5c6ccccc6ccc5c34)cc2)cc1. The summed E-state index contributed by atoms with van der Waals surface area (Å²) in [6, 6.07) is 66.9. The summed E-state index contributed by atoms with van der Waals surface area (Å²) in [5.74, 6) is 1.77. The fraction of sp³-hybridized carbons (Fsp3) is 0. The third kappa shape index (κ3) is 5.65. The molecule has 2 heterocycles. The molecule has 0 saturated carbocycles. The Morgan fingerprint density at radius 1 is 0.370 bits per heavy atom. The quantitative estimate of drug-likeness (QED) is 0.166. The Bertz CT molecular complexity index is 2850. The predicted octanol–water partition coefficient (Wildman–Crippen LogP) is 13.1. The molecule has 0 N–H and O–H groups in total. The van der Waals surface area contributed by atoms with Gasteiger partial charge in [0.1, 0.15) is 11.2 Å². The summed E-state index contributed by atoms with van der Waals surface area (Å²) in [6.07, 6.45) is 0. The summed E-state index contributed by atoms with van der Waals surface area (Å²) >= 11 is 0. The third-order valence-electron chi connectivity index (χ3n) is 9.89. The number of fused-ring (bicyclic) bond motifs is 5. The zero-order valence-corrected chi connectivity index (χ0v) is 29.2. The molecule has 0 saturated heterocycles. The zero-order chi connectivity index (χ0) is 35.8. The number of para-hydroxylation sites is 1. The van der Waals surface area contributed by atoms with Crippen LogP contribution in [0.2, 0.25) is 0 Å². The number of benzene rings is 8. The smallest absolute Gasteiger partial charge is 0.164 e. The van der Waals surface area contributed by atoms with Gasteiger partial charge in [-0.1, -0.05) is 152 Å². The minimum atomic E-state index is 0.559. The Morgan fingerprint density at radius 3 is 1.50 bits per heavy atom. The van der Waals surface area contributed by atoms with Crippen LogP contribution >= 0.6 is 0 Å². The van der Waals surface area contributed by atoms with Crippen molar-refractivity contribution in [3.8, 4) is 45.3 Å². The van der Waals surface area contributed by atoms with Crippen LogP contribution in [0.15, 0.2) is 199 Å².